The van der Waals surface area contributed by atoms with Crippen LogP contribution in [-0.4, -0.2) is 18.4 Å². The molecule has 2 amide bonds. The maximum atomic E-state index is 13.0. The molecule has 0 aliphatic rings. The SMILES string of the molecule is CCCCCCCCCCCCOc1cc(C(=O)Nc2ccc(N)cc2)cc(C(=O)Nc2ccc(N)cc2)c1. The third-order valence-electron chi connectivity index (χ3n) is 6.53. The summed E-state index contributed by atoms with van der Waals surface area (Å²) in [5.41, 5.74) is 14.6. The number of hydrogen-bond acceptors (Lipinski definition) is 5. The zero-order valence-corrected chi connectivity index (χ0v) is 23.0. The molecule has 0 saturated carbocycles. The molecule has 39 heavy (non-hydrogen) atoms. The number of amides is 2. The van der Waals surface area contributed by atoms with E-state index in [9.17, 15) is 9.59 Å². The first-order chi connectivity index (χ1) is 18.9. The molecule has 3 aromatic rings. The van der Waals surface area contributed by atoms with Crippen LogP contribution in [0, 0.1) is 0 Å². The van der Waals surface area contributed by atoms with Crippen LogP contribution in [0.25, 0.3) is 0 Å². The van der Waals surface area contributed by atoms with Crippen molar-refractivity contribution in [2.45, 2.75) is 71.1 Å². The van der Waals surface area contributed by atoms with Gasteiger partial charge in [0.05, 0.1) is 6.61 Å². The number of anilines is 4. The molecule has 0 bridgehead atoms. The van der Waals surface area contributed by atoms with Crippen LogP contribution in [0.1, 0.15) is 91.8 Å². The van der Waals surface area contributed by atoms with Crippen LogP contribution in [0.5, 0.6) is 5.75 Å². The Balaban J connectivity index is 1.59. The molecule has 7 heteroatoms. The number of unbranched alkanes of at least 4 members (excludes halogenated alkanes) is 9. The Bertz CT molecular complexity index is 1100. The van der Waals surface area contributed by atoms with Gasteiger partial charge in [0.1, 0.15) is 5.75 Å². The average Bonchev–Trinajstić information content (AvgIpc) is 2.94. The molecule has 0 unspecified atom stereocenters. The molecule has 0 aromatic heterocycles. The summed E-state index contributed by atoms with van der Waals surface area (Å²) in [5.74, 6) is -0.199. The molecular weight excluding hydrogens is 488 g/mol. The van der Waals surface area contributed by atoms with Gasteiger partial charge in [0, 0.05) is 33.9 Å². The molecule has 0 saturated heterocycles. The molecule has 0 atom stereocenters. The number of carbonyl (C=O) groups is 2. The zero-order valence-electron chi connectivity index (χ0n) is 23.0. The van der Waals surface area contributed by atoms with E-state index in [1.165, 1.54) is 51.4 Å². The summed E-state index contributed by atoms with van der Waals surface area (Å²) in [6.45, 7) is 2.77. The molecular formula is C32H42N4O3. The molecule has 0 aliphatic carbocycles. The number of nitrogen functional groups attached to an aromatic ring is 2. The summed E-state index contributed by atoms with van der Waals surface area (Å²) in [5, 5.41) is 5.70. The minimum atomic E-state index is -0.342. The van der Waals surface area contributed by atoms with Crippen LogP contribution >= 0.6 is 0 Å². The maximum absolute atomic E-state index is 13.0. The highest BCUT2D eigenvalue weighted by Gasteiger charge is 2.15. The Morgan fingerprint density at radius 1 is 0.615 bits per heavy atom. The first-order valence-corrected chi connectivity index (χ1v) is 14.1. The number of rotatable bonds is 16. The highest BCUT2D eigenvalue weighted by atomic mass is 16.5. The van der Waals surface area contributed by atoms with Crippen molar-refractivity contribution in [2.24, 2.45) is 0 Å². The summed E-state index contributed by atoms with van der Waals surface area (Å²) in [6, 6.07) is 18.7. The highest BCUT2D eigenvalue weighted by molar-refractivity contribution is 6.09. The van der Waals surface area contributed by atoms with Crippen molar-refractivity contribution in [1.29, 1.82) is 0 Å². The highest BCUT2D eigenvalue weighted by Crippen LogP contribution is 2.22. The van der Waals surface area contributed by atoms with Gasteiger partial charge in [0.2, 0.25) is 0 Å². The van der Waals surface area contributed by atoms with E-state index in [0.29, 0.717) is 46.2 Å². The second-order valence-electron chi connectivity index (χ2n) is 9.93. The van der Waals surface area contributed by atoms with Crippen LogP contribution in [0.15, 0.2) is 66.7 Å². The fourth-order valence-corrected chi connectivity index (χ4v) is 4.26. The standard InChI is InChI=1S/C32H42N4O3/c1-2-3-4-5-6-7-8-9-10-11-20-39-30-22-24(31(37)35-28-16-12-26(33)13-17-28)21-25(23-30)32(38)36-29-18-14-27(34)15-19-29/h12-19,21-23H,2-11,20,33-34H2,1H3,(H,35,37)(H,36,38). The van der Waals surface area contributed by atoms with E-state index in [0.717, 1.165) is 12.8 Å². The lowest BCUT2D eigenvalue weighted by Gasteiger charge is -2.12. The van der Waals surface area contributed by atoms with Crippen molar-refractivity contribution in [2.75, 3.05) is 28.7 Å². The molecule has 7 nitrogen and oxygen atoms in total. The van der Waals surface area contributed by atoms with E-state index >= 15 is 0 Å². The fraction of sp³-hybridized carbons (Fsp3) is 0.375. The van der Waals surface area contributed by atoms with Gasteiger partial charge in [0.25, 0.3) is 11.8 Å². The Labute approximate surface area is 232 Å². The van der Waals surface area contributed by atoms with Crippen molar-refractivity contribution >= 4 is 34.6 Å². The van der Waals surface area contributed by atoms with E-state index in [-0.39, 0.29) is 11.8 Å². The van der Waals surface area contributed by atoms with E-state index in [2.05, 4.69) is 17.6 Å². The summed E-state index contributed by atoms with van der Waals surface area (Å²) >= 11 is 0. The van der Waals surface area contributed by atoms with Crippen molar-refractivity contribution in [3.63, 3.8) is 0 Å². The Kier molecular flexibility index (Phi) is 12.2. The van der Waals surface area contributed by atoms with Gasteiger partial charge in [-0.2, -0.15) is 0 Å². The molecule has 3 aromatic carbocycles. The van der Waals surface area contributed by atoms with Gasteiger partial charge in [-0.1, -0.05) is 64.7 Å². The third-order valence-corrected chi connectivity index (χ3v) is 6.53. The van der Waals surface area contributed by atoms with E-state index in [4.69, 9.17) is 16.2 Å². The normalized spacial score (nSPS) is 10.7. The largest absolute Gasteiger partial charge is 0.494 e. The second-order valence-corrected chi connectivity index (χ2v) is 9.93. The molecule has 0 aliphatic heterocycles. The Morgan fingerprint density at radius 2 is 1.03 bits per heavy atom. The number of benzene rings is 3. The smallest absolute Gasteiger partial charge is 0.255 e. The summed E-state index contributed by atoms with van der Waals surface area (Å²) < 4.78 is 6.00. The molecule has 3 rings (SSSR count). The van der Waals surface area contributed by atoms with E-state index in [1.54, 1.807) is 66.7 Å². The molecule has 6 N–H and O–H groups in total. The van der Waals surface area contributed by atoms with Crippen LogP contribution in [-0.2, 0) is 0 Å². The third kappa shape index (κ3) is 10.7. The van der Waals surface area contributed by atoms with Gasteiger partial charge in [-0.3, -0.25) is 9.59 Å². The number of carbonyl (C=O) groups excluding carboxylic acids is 2. The van der Waals surface area contributed by atoms with Gasteiger partial charge >= 0.3 is 0 Å². The topological polar surface area (TPSA) is 119 Å². The minimum absolute atomic E-state index is 0.329. The van der Waals surface area contributed by atoms with Gasteiger partial charge in [-0.05, 0) is 73.2 Å². The van der Waals surface area contributed by atoms with Crippen LogP contribution in [0.2, 0.25) is 0 Å². The van der Waals surface area contributed by atoms with Crippen LogP contribution in [0.4, 0.5) is 22.7 Å². The molecule has 0 heterocycles. The average molecular weight is 531 g/mol. The van der Waals surface area contributed by atoms with Gasteiger partial charge in [0.15, 0.2) is 0 Å². The number of ether oxygens (including phenoxy) is 1. The number of hydrogen-bond donors (Lipinski definition) is 4. The predicted octanol–water partition coefficient (Wildman–Crippen LogP) is 7.66. The Morgan fingerprint density at radius 3 is 1.46 bits per heavy atom. The first-order valence-electron chi connectivity index (χ1n) is 14.1. The van der Waals surface area contributed by atoms with Crippen LogP contribution < -0.4 is 26.8 Å². The number of nitrogens with one attached hydrogen (secondary N) is 2. The molecule has 0 radical (unpaired) electrons. The number of nitrogens with two attached hydrogens (primary N) is 2. The quantitative estimate of drug-likeness (QED) is 0.112. The van der Waals surface area contributed by atoms with Gasteiger partial charge < -0.3 is 26.8 Å². The monoisotopic (exact) mass is 530 g/mol. The van der Waals surface area contributed by atoms with Gasteiger partial charge in [-0.15, -0.1) is 0 Å². The fourth-order valence-electron chi connectivity index (χ4n) is 4.26. The molecule has 0 fully saturated rings. The summed E-state index contributed by atoms with van der Waals surface area (Å²) in [4.78, 5) is 26.1. The second kappa shape index (κ2) is 16.1. The maximum Gasteiger partial charge on any atom is 0.255 e. The molecule has 0 spiro atoms. The van der Waals surface area contributed by atoms with Gasteiger partial charge in [-0.25, -0.2) is 0 Å². The Hall–Kier alpha value is -4.00. The zero-order chi connectivity index (χ0) is 27.9. The first kappa shape index (κ1) is 29.6. The van der Waals surface area contributed by atoms with Crippen molar-refractivity contribution in [3.8, 4) is 5.75 Å². The summed E-state index contributed by atoms with van der Waals surface area (Å²) in [7, 11) is 0. The van der Waals surface area contributed by atoms with Crippen molar-refractivity contribution in [1.82, 2.24) is 0 Å². The predicted molar refractivity (Wildman–Crippen MR) is 161 cm³/mol. The lowest BCUT2D eigenvalue weighted by molar-refractivity contribution is 0.102. The summed E-state index contributed by atoms with van der Waals surface area (Å²) in [6.07, 6.45) is 12.4. The van der Waals surface area contributed by atoms with E-state index in [1.807, 2.05) is 0 Å². The van der Waals surface area contributed by atoms with Crippen molar-refractivity contribution in [3.05, 3.63) is 77.9 Å². The van der Waals surface area contributed by atoms with Crippen LogP contribution in [0.3, 0.4) is 0 Å². The van der Waals surface area contributed by atoms with Crippen molar-refractivity contribution < 1.29 is 14.3 Å². The molecule has 208 valence electrons. The minimum Gasteiger partial charge on any atom is -0.494 e. The lowest BCUT2D eigenvalue weighted by Crippen LogP contribution is -2.16. The lowest BCUT2D eigenvalue weighted by atomic mass is 10.1. The van der Waals surface area contributed by atoms with E-state index < -0.39 is 0 Å².